The normalized spacial score (nSPS) is 21.9. The standard InChI is InChI=1S/C13H25NO4/c1-12(2,3)18-11(15)14-6-7-17-10(9-14)8-13(4,5)16/h10,16H,6-9H2,1-5H3. The molecule has 106 valence electrons. The molecule has 0 spiro atoms. The van der Waals surface area contributed by atoms with E-state index in [4.69, 9.17) is 9.47 Å². The van der Waals surface area contributed by atoms with Crippen LogP contribution in [0.15, 0.2) is 0 Å². The van der Waals surface area contributed by atoms with Crippen LogP contribution in [0.3, 0.4) is 0 Å². The van der Waals surface area contributed by atoms with Gasteiger partial charge >= 0.3 is 6.09 Å². The van der Waals surface area contributed by atoms with Crippen molar-refractivity contribution in [3.8, 4) is 0 Å². The van der Waals surface area contributed by atoms with Crippen molar-refractivity contribution in [3.05, 3.63) is 0 Å². The van der Waals surface area contributed by atoms with Gasteiger partial charge in [0.05, 0.1) is 24.9 Å². The van der Waals surface area contributed by atoms with Crippen molar-refractivity contribution in [2.24, 2.45) is 0 Å². The molecule has 1 atom stereocenters. The lowest BCUT2D eigenvalue weighted by atomic mass is 10.00. The zero-order valence-electron chi connectivity index (χ0n) is 12.0. The van der Waals surface area contributed by atoms with E-state index in [0.29, 0.717) is 26.1 Å². The van der Waals surface area contributed by atoms with Gasteiger partial charge in [-0.1, -0.05) is 0 Å². The number of carbonyl (C=O) groups is 1. The molecule has 1 aliphatic rings. The minimum absolute atomic E-state index is 0.133. The molecule has 5 nitrogen and oxygen atoms in total. The molecule has 5 heteroatoms. The number of carbonyl (C=O) groups excluding carboxylic acids is 1. The average Bonchev–Trinajstić information content (AvgIpc) is 2.12. The molecule has 1 fully saturated rings. The molecule has 0 aromatic carbocycles. The van der Waals surface area contributed by atoms with E-state index in [9.17, 15) is 9.90 Å². The summed E-state index contributed by atoms with van der Waals surface area (Å²) in [5.74, 6) is 0. The number of hydrogen-bond acceptors (Lipinski definition) is 4. The van der Waals surface area contributed by atoms with E-state index < -0.39 is 11.2 Å². The molecule has 0 saturated carbocycles. The summed E-state index contributed by atoms with van der Waals surface area (Å²) in [7, 11) is 0. The van der Waals surface area contributed by atoms with Crippen LogP contribution >= 0.6 is 0 Å². The quantitative estimate of drug-likeness (QED) is 0.821. The second kappa shape index (κ2) is 5.45. The maximum atomic E-state index is 11.9. The summed E-state index contributed by atoms with van der Waals surface area (Å²) in [5, 5.41) is 9.77. The first kappa shape index (κ1) is 15.2. The Morgan fingerprint density at radius 3 is 2.50 bits per heavy atom. The first-order valence-electron chi connectivity index (χ1n) is 6.39. The first-order chi connectivity index (χ1) is 8.07. The molecule has 1 rings (SSSR count). The Balaban J connectivity index is 2.51. The Hall–Kier alpha value is -0.810. The molecule has 1 heterocycles. The summed E-state index contributed by atoms with van der Waals surface area (Å²) >= 11 is 0. The molecule has 18 heavy (non-hydrogen) atoms. The van der Waals surface area contributed by atoms with Crippen molar-refractivity contribution in [1.82, 2.24) is 4.90 Å². The van der Waals surface area contributed by atoms with Crippen molar-refractivity contribution in [1.29, 1.82) is 0 Å². The highest BCUT2D eigenvalue weighted by atomic mass is 16.6. The number of nitrogens with zero attached hydrogens (tertiary/aromatic N) is 1. The van der Waals surface area contributed by atoms with E-state index >= 15 is 0 Å². The summed E-state index contributed by atoms with van der Waals surface area (Å²) in [4.78, 5) is 13.6. The van der Waals surface area contributed by atoms with Gasteiger partial charge < -0.3 is 19.5 Å². The largest absolute Gasteiger partial charge is 0.444 e. The zero-order chi connectivity index (χ0) is 14.0. The Labute approximate surface area is 109 Å². The summed E-state index contributed by atoms with van der Waals surface area (Å²) in [6.45, 7) is 10.5. The Morgan fingerprint density at radius 2 is 2.00 bits per heavy atom. The SMILES string of the molecule is CC(C)(O)CC1CN(C(=O)OC(C)(C)C)CCO1. The van der Waals surface area contributed by atoms with Gasteiger partial charge in [0, 0.05) is 13.0 Å². The van der Waals surface area contributed by atoms with Crippen molar-refractivity contribution in [2.45, 2.75) is 58.3 Å². The van der Waals surface area contributed by atoms with Crippen molar-refractivity contribution in [3.63, 3.8) is 0 Å². The Bertz CT molecular complexity index is 290. The van der Waals surface area contributed by atoms with Crippen LogP contribution in [-0.4, -0.2) is 53.1 Å². The van der Waals surface area contributed by atoms with Gasteiger partial charge in [0.2, 0.25) is 0 Å². The van der Waals surface area contributed by atoms with E-state index in [1.165, 1.54) is 0 Å². The lowest BCUT2D eigenvalue weighted by Crippen LogP contribution is -2.49. The van der Waals surface area contributed by atoms with Crippen LogP contribution in [0.2, 0.25) is 0 Å². The predicted octanol–water partition coefficient (Wildman–Crippen LogP) is 1.78. The van der Waals surface area contributed by atoms with Crippen molar-refractivity contribution >= 4 is 6.09 Å². The topological polar surface area (TPSA) is 59.0 Å². The highest BCUT2D eigenvalue weighted by Crippen LogP contribution is 2.19. The Kier molecular flexibility index (Phi) is 4.61. The molecule has 0 aromatic rings. The van der Waals surface area contributed by atoms with Crippen LogP contribution < -0.4 is 0 Å². The third kappa shape index (κ3) is 5.69. The fraction of sp³-hybridized carbons (Fsp3) is 0.923. The molecule has 1 aliphatic heterocycles. The molecule has 1 unspecified atom stereocenters. The molecule has 0 radical (unpaired) electrons. The van der Waals surface area contributed by atoms with Crippen LogP contribution in [0.1, 0.15) is 41.0 Å². The second-order valence-electron chi connectivity index (χ2n) is 6.44. The maximum Gasteiger partial charge on any atom is 0.410 e. The summed E-state index contributed by atoms with van der Waals surface area (Å²) < 4.78 is 10.9. The molecule has 1 N–H and O–H groups in total. The van der Waals surface area contributed by atoms with Gasteiger partial charge in [-0.3, -0.25) is 0 Å². The molecular formula is C13H25NO4. The van der Waals surface area contributed by atoms with Crippen LogP contribution in [-0.2, 0) is 9.47 Å². The third-order valence-electron chi connectivity index (χ3n) is 2.52. The van der Waals surface area contributed by atoms with E-state index in [1.807, 2.05) is 20.8 Å². The molecule has 1 saturated heterocycles. The van der Waals surface area contributed by atoms with E-state index in [2.05, 4.69) is 0 Å². The van der Waals surface area contributed by atoms with E-state index in [1.54, 1.807) is 18.7 Å². The third-order valence-corrected chi connectivity index (χ3v) is 2.52. The van der Waals surface area contributed by atoms with Gasteiger partial charge in [0.25, 0.3) is 0 Å². The van der Waals surface area contributed by atoms with Crippen molar-refractivity contribution < 1.29 is 19.4 Å². The van der Waals surface area contributed by atoms with E-state index in [-0.39, 0.29) is 12.2 Å². The van der Waals surface area contributed by atoms with Crippen LogP contribution in [0, 0.1) is 0 Å². The fourth-order valence-corrected chi connectivity index (χ4v) is 1.89. The van der Waals surface area contributed by atoms with Gasteiger partial charge in [0.15, 0.2) is 0 Å². The highest BCUT2D eigenvalue weighted by molar-refractivity contribution is 5.68. The van der Waals surface area contributed by atoms with Gasteiger partial charge in [0.1, 0.15) is 5.60 Å². The highest BCUT2D eigenvalue weighted by Gasteiger charge is 2.30. The molecule has 0 aromatic heterocycles. The first-order valence-corrected chi connectivity index (χ1v) is 6.39. The number of rotatable bonds is 2. The summed E-state index contributed by atoms with van der Waals surface area (Å²) in [5.41, 5.74) is -1.28. The zero-order valence-corrected chi connectivity index (χ0v) is 12.0. The Morgan fingerprint density at radius 1 is 1.39 bits per heavy atom. The number of hydrogen-bond donors (Lipinski definition) is 1. The van der Waals surface area contributed by atoms with Crippen molar-refractivity contribution in [2.75, 3.05) is 19.7 Å². The summed E-state index contributed by atoms with van der Waals surface area (Å²) in [6.07, 6.45) is 0.0598. The lowest BCUT2D eigenvalue weighted by molar-refractivity contribution is -0.0716. The maximum absolute atomic E-state index is 11.9. The van der Waals surface area contributed by atoms with Crippen LogP contribution in [0.5, 0.6) is 0 Å². The summed E-state index contributed by atoms with van der Waals surface area (Å²) in [6, 6.07) is 0. The van der Waals surface area contributed by atoms with Gasteiger partial charge in [-0.15, -0.1) is 0 Å². The van der Waals surface area contributed by atoms with Crippen LogP contribution in [0.4, 0.5) is 4.79 Å². The number of morpholine rings is 1. The monoisotopic (exact) mass is 259 g/mol. The molecule has 0 aliphatic carbocycles. The van der Waals surface area contributed by atoms with Gasteiger partial charge in [-0.05, 0) is 34.6 Å². The predicted molar refractivity (Wildman–Crippen MR) is 68.5 cm³/mol. The van der Waals surface area contributed by atoms with Gasteiger partial charge in [-0.2, -0.15) is 0 Å². The minimum Gasteiger partial charge on any atom is -0.444 e. The minimum atomic E-state index is -0.790. The number of ether oxygens (including phenoxy) is 2. The lowest BCUT2D eigenvalue weighted by Gasteiger charge is -2.36. The van der Waals surface area contributed by atoms with Gasteiger partial charge in [-0.25, -0.2) is 4.79 Å². The van der Waals surface area contributed by atoms with Crippen LogP contribution in [0.25, 0.3) is 0 Å². The fourth-order valence-electron chi connectivity index (χ4n) is 1.89. The average molecular weight is 259 g/mol. The molecule has 0 bridgehead atoms. The number of aliphatic hydroxyl groups is 1. The molecular weight excluding hydrogens is 234 g/mol. The smallest absolute Gasteiger partial charge is 0.410 e. The number of amides is 1. The molecule has 1 amide bonds. The van der Waals surface area contributed by atoms with E-state index in [0.717, 1.165) is 0 Å². The second-order valence-corrected chi connectivity index (χ2v) is 6.44.